The summed E-state index contributed by atoms with van der Waals surface area (Å²) >= 11 is 6.98. The van der Waals surface area contributed by atoms with E-state index in [0.717, 1.165) is 40.0 Å². The van der Waals surface area contributed by atoms with E-state index in [9.17, 15) is 0 Å². The minimum atomic E-state index is 0.606. The second-order valence-corrected chi connectivity index (χ2v) is 6.41. The van der Waals surface area contributed by atoms with Crippen LogP contribution in [0.5, 0.6) is 11.5 Å². The lowest BCUT2D eigenvalue weighted by Gasteiger charge is -2.23. The van der Waals surface area contributed by atoms with Crippen molar-refractivity contribution in [3.05, 3.63) is 21.1 Å². The van der Waals surface area contributed by atoms with Gasteiger partial charge in [0, 0.05) is 6.04 Å². The molecule has 0 radical (unpaired) electrons. The fourth-order valence-corrected chi connectivity index (χ4v) is 3.18. The Balaban J connectivity index is 1.86. The van der Waals surface area contributed by atoms with Crippen molar-refractivity contribution in [1.82, 2.24) is 5.32 Å². The normalized spacial score (nSPS) is 19.2. The van der Waals surface area contributed by atoms with Gasteiger partial charge in [-0.1, -0.05) is 6.42 Å². The number of halogens is 2. The zero-order chi connectivity index (χ0) is 13.7. The van der Waals surface area contributed by atoms with Crippen molar-refractivity contribution in [1.29, 1.82) is 0 Å². The molecule has 1 N–H and O–H groups in total. The van der Waals surface area contributed by atoms with Gasteiger partial charge in [0.05, 0.1) is 22.7 Å². The molecule has 1 heterocycles. The van der Waals surface area contributed by atoms with Gasteiger partial charge in [0.25, 0.3) is 0 Å². The number of hydrogen-bond acceptors (Lipinski definition) is 3. The van der Waals surface area contributed by atoms with E-state index in [1.807, 2.05) is 12.1 Å². The van der Waals surface area contributed by atoms with Gasteiger partial charge in [0.2, 0.25) is 0 Å². The molecule has 5 heteroatoms. The Hall–Kier alpha value is -0.260. The van der Waals surface area contributed by atoms with E-state index in [0.29, 0.717) is 6.04 Å². The zero-order valence-electron chi connectivity index (χ0n) is 11.0. The topological polar surface area (TPSA) is 30.5 Å². The van der Waals surface area contributed by atoms with Crippen molar-refractivity contribution in [3.63, 3.8) is 0 Å². The average Bonchev–Trinajstić information content (AvgIpc) is 2.43. The minimum absolute atomic E-state index is 0.606. The molecule has 1 saturated heterocycles. The van der Waals surface area contributed by atoms with E-state index in [1.165, 1.54) is 19.3 Å². The molecule has 3 nitrogen and oxygen atoms in total. The number of methoxy groups -OCH3 is 1. The summed E-state index contributed by atoms with van der Waals surface area (Å²) in [4.78, 5) is 0. The lowest BCUT2D eigenvalue weighted by atomic mass is 10.0. The Labute approximate surface area is 131 Å². The van der Waals surface area contributed by atoms with Crippen LogP contribution >= 0.6 is 31.9 Å². The first-order valence-electron chi connectivity index (χ1n) is 6.60. The zero-order valence-corrected chi connectivity index (χ0v) is 14.2. The fraction of sp³-hybridized carbons (Fsp3) is 0.571. The highest BCUT2D eigenvalue weighted by Gasteiger charge is 2.13. The van der Waals surface area contributed by atoms with Crippen LogP contribution in [-0.4, -0.2) is 26.3 Å². The van der Waals surface area contributed by atoms with E-state index in [-0.39, 0.29) is 0 Å². The number of benzene rings is 1. The lowest BCUT2D eigenvalue weighted by Crippen LogP contribution is -2.35. The first kappa shape index (κ1) is 15.1. The Morgan fingerprint density at radius 1 is 1.21 bits per heavy atom. The predicted molar refractivity (Wildman–Crippen MR) is 84.1 cm³/mol. The maximum Gasteiger partial charge on any atom is 0.134 e. The quantitative estimate of drug-likeness (QED) is 0.816. The number of rotatable bonds is 5. The van der Waals surface area contributed by atoms with Crippen LogP contribution in [-0.2, 0) is 0 Å². The molecule has 0 amide bonds. The molecule has 0 aliphatic carbocycles. The molecule has 0 spiro atoms. The number of hydrogen-bond donors (Lipinski definition) is 1. The summed E-state index contributed by atoms with van der Waals surface area (Å²) < 4.78 is 12.9. The van der Waals surface area contributed by atoms with Crippen LogP contribution in [0.2, 0.25) is 0 Å². The smallest absolute Gasteiger partial charge is 0.134 e. The first-order valence-corrected chi connectivity index (χ1v) is 8.18. The van der Waals surface area contributed by atoms with Gasteiger partial charge in [-0.05, 0) is 69.8 Å². The highest BCUT2D eigenvalue weighted by Crippen LogP contribution is 2.36. The van der Waals surface area contributed by atoms with Gasteiger partial charge in [0.15, 0.2) is 0 Å². The van der Waals surface area contributed by atoms with E-state index in [2.05, 4.69) is 37.2 Å². The van der Waals surface area contributed by atoms with Gasteiger partial charge in [-0.25, -0.2) is 0 Å². The Morgan fingerprint density at radius 3 is 2.63 bits per heavy atom. The third-order valence-corrected chi connectivity index (χ3v) is 4.58. The summed E-state index contributed by atoms with van der Waals surface area (Å²) in [5.41, 5.74) is 0. The summed E-state index contributed by atoms with van der Waals surface area (Å²) in [6, 6.07) is 4.46. The van der Waals surface area contributed by atoms with Crippen LogP contribution in [0.15, 0.2) is 21.1 Å². The second-order valence-electron chi connectivity index (χ2n) is 4.70. The number of nitrogens with one attached hydrogen (secondary N) is 1. The maximum atomic E-state index is 5.85. The highest BCUT2D eigenvalue weighted by molar-refractivity contribution is 9.11. The predicted octanol–water partition coefficient (Wildman–Crippen LogP) is 4.13. The first-order chi connectivity index (χ1) is 9.20. The van der Waals surface area contributed by atoms with Gasteiger partial charge in [-0.15, -0.1) is 0 Å². The number of ether oxygens (including phenoxy) is 2. The molecule has 1 atom stereocenters. The standard InChI is InChI=1S/C14H19Br2NO2/c1-18-13-8-12(16)14(9-11(13)15)19-7-5-10-4-2-3-6-17-10/h8-10,17H,2-7H2,1H3. The number of piperidine rings is 1. The summed E-state index contributed by atoms with van der Waals surface area (Å²) in [5.74, 6) is 1.65. The molecule has 0 saturated carbocycles. The van der Waals surface area contributed by atoms with Crippen LogP contribution < -0.4 is 14.8 Å². The monoisotopic (exact) mass is 391 g/mol. The van der Waals surface area contributed by atoms with Crippen molar-refractivity contribution in [3.8, 4) is 11.5 Å². The molecule has 1 aliphatic rings. The molecule has 0 bridgehead atoms. The van der Waals surface area contributed by atoms with E-state index < -0.39 is 0 Å². The SMILES string of the molecule is COc1cc(Br)c(OCCC2CCCCN2)cc1Br. The van der Waals surface area contributed by atoms with Gasteiger partial charge < -0.3 is 14.8 Å². The Kier molecular flexibility index (Phi) is 5.98. The molecule has 1 aromatic rings. The van der Waals surface area contributed by atoms with Gasteiger partial charge in [0.1, 0.15) is 11.5 Å². The molecule has 0 aromatic heterocycles. The van der Waals surface area contributed by atoms with Crippen molar-refractivity contribution < 1.29 is 9.47 Å². The van der Waals surface area contributed by atoms with E-state index >= 15 is 0 Å². The summed E-state index contributed by atoms with van der Waals surface area (Å²) in [6.45, 7) is 1.87. The van der Waals surface area contributed by atoms with E-state index in [1.54, 1.807) is 7.11 Å². The molecule has 19 heavy (non-hydrogen) atoms. The van der Waals surface area contributed by atoms with Crippen molar-refractivity contribution >= 4 is 31.9 Å². The molecule has 1 unspecified atom stereocenters. The molecule has 1 fully saturated rings. The average molecular weight is 393 g/mol. The molecular weight excluding hydrogens is 374 g/mol. The Bertz CT molecular complexity index is 420. The van der Waals surface area contributed by atoms with Crippen LogP contribution in [0, 0.1) is 0 Å². The van der Waals surface area contributed by atoms with Gasteiger partial charge in [-0.2, -0.15) is 0 Å². The largest absolute Gasteiger partial charge is 0.496 e. The van der Waals surface area contributed by atoms with Crippen molar-refractivity contribution in [2.24, 2.45) is 0 Å². The minimum Gasteiger partial charge on any atom is -0.496 e. The van der Waals surface area contributed by atoms with Crippen LogP contribution in [0.1, 0.15) is 25.7 Å². The van der Waals surface area contributed by atoms with Gasteiger partial charge in [-0.3, -0.25) is 0 Å². The highest BCUT2D eigenvalue weighted by atomic mass is 79.9. The van der Waals surface area contributed by atoms with Crippen LogP contribution in [0.4, 0.5) is 0 Å². The van der Waals surface area contributed by atoms with Crippen LogP contribution in [0.3, 0.4) is 0 Å². The fourth-order valence-electron chi connectivity index (χ4n) is 2.26. The van der Waals surface area contributed by atoms with Crippen molar-refractivity contribution in [2.75, 3.05) is 20.3 Å². The molecule has 1 aromatic carbocycles. The van der Waals surface area contributed by atoms with E-state index in [4.69, 9.17) is 9.47 Å². The molecule has 106 valence electrons. The van der Waals surface area contributed by atoms with Crippen molar-refractivity contribution in [2.45, 2.75) is 31.7 Å². The molecule has 1 aliphatic heterocycles. The maximum absolute atomic E-state index is 5.85. The molecular formula is C14H19Br2NO2. The van der Waals surface area contributed by atoms with Gasteiger partial charge >= 0.3 is 0 Å². The third-order valence-electron chi connectivity index (χ3n) is 3.34. The lowest BCUT2D eigenvalue weighted by molar-refractivity contribution is 0.266. The second kappa shape index (κ2) is 7.50. The summed E-state index contributed by atoms with van der Waals surface area (Å²) in [5, 5.41) is 3.53. The van der Waals surface area contributed by atoms with Crippen LogP contribution in [0.25, 0.3) is 0 Å². The molecule has 2 rings (SSSR count). The third kappa shape index (κ3) is 4.36. The Morgan fingerprint density at radius 2 is 1.95 bits per heavy atom. The summed E-state index contributed by atoms with van der Waals surface area (Å²) in [6.07, 6.45) is 4.94. The summed E-state index contributed by atoms with van der Waals surface area (Å²) in [7, 11) is 1.65.